The summed E-state index contributed by atoms with van der Waals surface area (Å²) in [7, 11) is 0. The summed E-state index contributed by atoms with van der Waals surface area (Å²) < 4.78 is 42.9. The largest absolute Gasteiger partial charge is 0.432 e. The van der Waals surface area contributed by atoms with Crippen LogP contribution in [-0.4, -0.2) is 42.5 Å². The summed E-state index contributed by atoms with van der Waals surface area (Å²) in [4.78, 5) is 14.0. The SMILES string of the molecule is N=C(/C=C(\N)C(=O)N(CCC1CCOC1)Cc1ccccc1Cl)C(F)(F)F. The molecule has 1 aromatic carbocycles. The first-order valence-corrected chi connectivity index (χ1v) is 8.79. The molecule has 1 heterocycles. The van der Waals surface area contributed by atoms with E-state index in [9.17, 15) is 18.0 Å². The number of nitrogens with one attached hydrogen (secondary N) is 1. The second-order valence-electron chi connectivity index (χ2n) is 6.35. The van der Waals surface area contributed by atoms with Gasteiger partial charge >= 0.3 is 6.18 Å². The van der Waals surface area contributed by atoms with E-state index in [4.69, 9.17) is 27.5 Å². The summed E-state index contributed by atoms with van der Waals surface area (Å²) in [6, 6.07) is 6.90. The first-order chi connectivity index (χ1) is 12.7. The number of hydrogen-bond acceptors (Lipinski definition) is 4. The Kier molecular flexibility index (Phi) is 7.26. The Hall–Kier alpha value is -2.06. The molecule has 0 saturated carbocycles. The van der Waals surface area contributed by atoms with Crippen molar-refractivity contribution in [3.05, 3.63) is 46.6 Å². The molecule has 1 aromatic rings. The van der Waals surface area contributed by atoms with Gasteiger partial charge in [-0.25, -0.2) is 0 Å². The van der Waals surface area contributed by atoms with E-state index in [1.807, 2.05) is 0 Å². The average molecular weight is 404 g/mol. The maximum Gasteiger partial charge on any atom is 0.432 e. The number of amides is 1. The molecule has 0 aromatic heterocycles. The predicted molar refractivity (Wildman–Crippen MR) is 96.5 cm³/mol. The van der Waals surface area contributed by atoms with Crippen LogP contribution in [0.3, 0.4) is 0 Å². The van der Waals surface area contributed by atoms with Gasteiger partial charge in [0.2, 0.25) is 0 Å². The molecule has 2 rings (SSSR count). The Morgan fingerprint density at radius 1 is 1.41 bits per heavy atom. The van der Waals surface area contributed by atoms with Gasteiger partial charge in [0.15, 0.2) is 0 Å². The van der Waals surface area contributed by atoms with Gasteiger partial charge in [0.1, 0.15) is 5.71 Å². The van der Waals surface area contributed by atoms with Gasteiger partial charge in [-0.15, -0.1) is 0 Å². The number of alkyl halides is 3. The Morgan fingerprint density at radius 2 is 2.11 bits per heavy atom. The van der Waals surface area contributed by atoms with Crippen molar-refractivity contribution in [1.82, 2.24) is 4.90 Å². The third-order valence-electron chi connectivity index (χ3n) is 4.29. The molecular weight excluding hydrogens is 383 g/mol. The minimum atomic E-state index is -4.86. The molecule has 1 amide bonds. The normalized spacial score (nSPS) is 17.8. The van der Waals surface area contributed by atoms with Crippen molar-refractivity contribution in [2.45, 2.75) is 25.6 Å². The topological polar surface area (TPSA) is 79.4 Å². The Balaban J connectivity index is 2.16. The van der Waals surface area contributed by atoms with Crippen LogP contribution in [-0.2, 0) is 16.1 Å². The molecule has 3 N–H and O–H groups in total. The molecule has 27 heavy (non-hydrogen) atoms. The van der Waals surface area contributed by atoms with E-state index in [0.29, 0.717) is 42.8 Å². The highest BCUT2D eigenvalue weighted by atomic mass is 35.5. The predicted octanol–water partition coefficient (Wildman–Crippen LogP) is 3.52. The van der Waals surface area contributed by atoms with E-state index in [2.05, 4.69) is 0 Å². The molecule has 0 spiro atoms. The van der Waals surface area contributed by atoms with Crippen molar-refractivity contribution in [2.75, 3.05) is 19.8 Å². The van der Waals surface area contributed by atoms with Crippen LogP contribution in [0.25, 0.3) is 0 Å². The van der Waals surface area contributed by atoms with E-state index in [0.717, 1.165) is 6.42 Å². The van der Waals surface area contributed by atoms with Gasteiger partial charge < -0.3 is 15.4 Å². The van der Waals surface area contributed by atoms with Crippen LogP contribution in [0.5, 0.6) is 0 Å². The van der Waals surface area contributed by atoms with Crippen LogP contribution in [0.2, 0.25) is 5.02 Å². The highest BCUT2D eigenvalue weighted by molar-refractivity contribution is 6.31. The molecule has 1 unspecified atom stereocenters. The number of nitrogens with two attached hydrogens (primary N) is 1. The molecule has 0 aliphatic carbocycles. The zero-order valence-corrected chi connectivity index (χ0v) is 15.3. The van der Waals surface area contributed by atoms with Crippen LogP contribution in [0.15, 0.2) is 36.0 Å². The second-order valence-corrected chi connectivity index (χ2v) is 6.75. The minimum absolute atomic E-state index is 0.111. The number of rotatable bonds is 7. The standard InChI is InChI=1S/C18H21ClF3N3O2/c19-14-4-2-1-3-13(14)10-25(7-5-12-6-8-27-11-12)17(26)15(23)9-16(24)18(20,21)22/h1-4,9,12,24H,5-8,10-11,23H2/b15-9-,24-16?. The summed E-state index contributed by atoms with van der Waals surface area (Å²) in [5, 5.41) is 7.46. The molecule has 148 valence electrons. The van der Waals surface area contributed by atoms with Crippen LogP contribution < -0.4 is 5.73 Å². The number of carbonyl (C=O) groups excluding carboxylic acids is 1. The molecule has 5 nitrogen and oxygen atoms in total. The van der Waals surface area contributed by atoms with E-state index in [1.54, 1.807) is 24.3 Å². The van der Waals surface area contributed by atoms with Crippen LogP contribution >= 0.6 is 11.6 Å². The molecular formula is C18H21ClF3N3O2. The van der Waals surface area contributed by atoms with Gasteiger partial charge in [-0.3, -0.25) is 10.2 Å². The maximum absolute atomic E-state index is 12.6. The van der Waals surface area contributed by atoms with Crippen LogP contribution in [0.1, 0.15) is 18.4 Å². The Labute approximate surface area is 160 Å². The number of hydrogen-bond donors (Lipinski definition) is 2. The Morgan fingerprint density at radius 3 is 2.70 bits per heavy atom. The maximum atomic E-state index is 12.6. The lowest BCUT2D eigenvalue weighted by Crippen LogP contribution is -2.36. The fraction of sp³-hybridized carbons (Fsp3) is 0.444. The van der Waals surface area contributed by atoms with Gasteiger partial charge in [-0.2, -0.15) is 13.2 Å². The average Bonchev–Trinajstić information content (AvgIpc) is 3.12. The van der Waals surface area contributed by atoms with Crippen molar-refractivity contribution < 1.29 is 22.7 Å². The third kappa shape index (κ3) is 6.25. The first-order valence-electron chi connectivity index (χ1n) is 8.42. The fourth-order valence-corrected chi connectivity index (χ4v) is 2.91. The van der Waals surface area contributed by atoms with E-state index >= 15 is 0 Å². The van der Waals surface area contributed by atoms with Crippen molar-refractivity contribution in [2.24, 2.45) is 11.7 Å². The number of ether oxygens (including phenoxy) is 1. The van der Waals surface area contributed by atoms with Crippen molar-refractivity contribution in [3.63, 3.8) is 0 Å². The molecule has 0 bridgehead atoms. The van der Waals surface area contributed by atoms with Gasteiger partial charge in [0.25, 0.3) is 5.91 Å². The fourth-order valence-electron chi connectivity index (χ4n) is 2.72. The van der Waals surface area contributed by atoms with Crippen LogP contribution in [0.4, 0.5) is 13.2 Å². The smallest absolute Gasteiger partial charge is 0.394 e. The summed E-state index contributed by atoms with van der Waals surface area (Å²) in [5.41, 5.74) is 3.92. The van der Waals surface area contributed by atoms with Gasteiger partial charge in [0, 0.05) is 31.3 Å². The number of benzene rings is 1. The van der Waals surface area contributed by atoms with Crippen molar-refractivity contribution in [3.8, 4) is 0 Å². The summed E-state index contributed by atoms with van der Waals surface area (Å²) in [6.45, 7) is 1.66. The summed E-state index contributed by atoms with van der Waals surface area (Å²) >= 11 is 6.14. The highest BCUT2D eigenvalue weighted by Crippen LogP contribution is 2.22. The lowest BCUT2D eigenvalue weighted by molar-refractivity contribution is -0.128. The second kappa shape index (κ2) is 9.23. The quantitative estimate of drug-likeness (QED) is 0.540. The molecule has 1 aliphatic heterocycles. The van der Waals surface area contributed by atoms with E-state index < -0.39 is 23.5 Å². The van der Waals surface area contributed by atoms with Crippen molar-refractivity contribution >= 4 is 23.2 Å². The molecule has 1 fully saturated rings. The summed E-state index contributed by atoms with van der Waals surface area (Å²) in [5.74, 6) is -0.479. The number of halogens is 4. The van der Waals surface area contributed by atoms with E-state index in [-0.39, 0.29) is 12.5 Å². The summed E-state index contributed by atoms with van der Waals surface area (Å²) in [6.07, 6.45) is -3.00. The zero-order chi connectivity index (χ0) is 20.0. The molecule has 0 radical (unpaired) electrons. The Bertz CT molecular complexity index is 716. The van der Waals surface area contributed by atoms with Gasteiger partial charge in [-0.1, -0.05) is 29.8 Å². The van der Waals surface area contributed by atoms with Gasteiger partial charge in [-0.05, 0) is 36.5 Å². The molecule has 9 heteroatoms. The first kappa shape index (κ1) is 21.2. The van der Waals surface area contributed by atoms with E-state index in [1.165, 1.54) is 4.90 Å². The van der Waals surface area contributed by atoms with Crippen LogP contribution in [0, 0.1) is 11.3 Å². The third-order valence-corrected chi connectivity index (χ3v) is 4.66. The minimum Gasteiger partial charge on any atom is -0.394 e. The van der Waals surface area contributed by atoms with Gasteiger partial charge in [0.05, 0.1) is 5.70 Å². The number of nitrogens with zero attached hydrogens (tertiary/aromatic N) is 1. The van der Waals surface area contributed by atoms with Crippen molar-refractivity contribution in [1.29, 1.82) is 5.41 Å². The lowest BCUT2D eigenvalue weighted by atomic mass is 10.0. The monoisotopic (exact) mass is 403 g/mol. The number of carbonyl (C=O) groups is 1. The number of allylic oxidation sites excluding steroid dienone is 1. The highest BCUT2D eigenvalue weighted by Gasteiger charge is 2.33. The lowest BCUT2D eigenvalue weighted by Gasteiger charge is -2.25. The zero-order valence-electron chi connectivity index (χ0n) is 14.6. The molecule has 1 aliphatic rings. The molecule has 1 atom stereocenters. The molecule has 1 saturated heterocycles.